The molecule has 570 valence electrons. The lowest BCUT2D eigenvalue weighted by atomic mass is 10.0. The summed E-state index contributed by atoms with van der Waals surface area (Å²) >= 11 is 6.02. The van der Waals surface area contributed by atoms with Crippen molar-refractivity contribution < 1.29 is 26.3 Å². The third-order valence-electron chi connectivity index (χ3n) is 18.1. The Kier molecular flexibility index (Phi) is 24.9. The zero-order chi connectivity index (χ0) is 77.2. The lowest BCUT2D eigenvalue weighted by Gasteiger charge is -2.25. The summed E-state index contributed by atoms with van der Waals surface area (Å²) in [5, 5.41) is 41.1. The molecular formula is C76H77ClF6N28. The molecule has 4 aliphatic heterocycles. The summed E-state index contributed by atoms with van der Waals surface area (Å²) in [4.78, 5) is 59.0. The maximum absolute atomic E-state index is 14.3. The average molecular weight is 1530 g/mol. The highest BCUT2D eigenvalue weighted by Gasteiger charge is 2.38. The van der Waals surface area contributed by atoms with Crippen LogP contribution < -0.4 is 40.9 Å². The van der Waals surface area contributed by atoms with Gasteiger partial charge < -0.3 is 40.9 Å². The van der Waals surface area contributed by atoms with E-state index in [1.54, 1.807) is 34.1 Å². The number of alkyl halides is 2. The SMILES string of the molecule is C/C=C/c1cc(Nc2ncnc(N3CC(F)CC3c3ccc(F)cc3)n2)n[nH]1.C/C=C/c1cc(Nc2ncnc(N3CC(F)CC3c3ccc(F)cc3F)n2)n[nH]1.C/C=C/c1cc(Nc2ncnc(N3CCCC3c3ccc(Cl)cc3)n2)n[nH]1.C/C=C/c1cc(Nc2ncnc(N3CCCC3c3ccccc3F)n2)n[nH]1. The third kappa shape index (κ3) is 19.7. The Morgan fingerprint density at radius 2 is 0.766 bits per heavy atom. The second kappa shape index (κ2) is 36.3. The minimum absolute atomic E-state index is 0.00121. The van der Waals surface area contributed by atoms with Crippen LogP contribution in [0.1, 0.15) is 135 Å². The number of nitrogens with one attached hydrogen (secondary N) is 8. The van der Waals surface area contributed by atoms with Crippen LogP contribution in [-0.2, 0) is 0 Å². The van der Waals surface area contributed by atoms with Crippen molar-refractivity contribution in [2.75, 3.05) is 67.0 Å². The largest absolute Gasteiger partial charge is 0.334 e. The number of H-pyrrole nitrogens is 4. The monoisotopic (exact) mass is 1530 g/mol. The molecule has 0 saturated carbocycles. The van der Waals surface area contributed by atoms with E-state index in [4.69, 9.17) is 11.6 Å². The molecule has 12 aromatic rings. The van der Waals surface area contributed by atoms with Crippen molar-refractivity contribution in [2.45, 2.75) is 103 Å². The molecule has 4 fully saturated rings. The Labute approximate surface area is 638 Å². The van der Waals surface area contributed by atoms with E-state index in [0.717, 1.165) is 84.3 Å². The molecule has 16 rings (SSSR count). The maximum atomic E-state index is 14.3. The molecular weight excluding hydrogens is 1450 g/mol. The zero-order valence-corrected chi connectivity index (χ0v) is 61.3. The van der Waals surface area contributed by atoms with Crippen molar-refractivity contribution in [3.05, 3.63) is 238 Å². The molecule has 4 aromatic carbocycles. The topological polar surface area (TPSA) is 330 Å². The van der Waals surface area contributed by atoms with Crippen LogP contribution in [0.25, 0.3) is 24.3 Å². The Hall–Kier alpha value is -13.0. The van der Waals surface area contributed by atoms with Gasteiger partial charge in [-0.3, -0.25) is 20.4 Å². The number of aromatic amines is 4. The highest BCUT2D eigenvalue weighted by Crippen LogP contribution is 2.41. The van der Waals surface area contributed by atoms with Crippen LogP contribution in [0.3, 0.4) is 0 Å². The van der Waals surface area contributed by atoms with E-state index >= 15 is 0 Å². The number of benzene rings is 4. The molecule has 0 spiro atoms. The molecule has 4 aliphatic rings. The molecule has 0 amide bonds. The van der Waals surface area contributed by atoms with Gasteiger partial charge in [-0.15, -0.1) is 0 Å². The summed E-state index contributed by atoms with van der Waals surface area (Å²) in [6, 6.07) is 30.8. The van der Waals surface area contributed by atoms with E-state index in [0.29, 0.717) is 70.9 Å². The quantitative estimate of drug-likeness (QED) is 0.0329. The zero-order valence-electron chi connectivity index (χ0n) is 60.5. The van der Waals surface area contributed by atoms with Gasteiger partial charge in [0.15, 0.2) is 23.3 Å². The predicted molar refractivity (Wildman–Crippen MR) is 414 cm³/mol. The van der Waals surface area contributed by atoms with Crippen molar-refractivity contribution in [3.63, 3.8) is 0 Å². The third-order valence-corrected chi connectivity index (χ3v) is 18.4. The molecule has 8 aromatic heterocycles. The van der Waals surface area contributed by atoms with Gasteiger partial charge in [0.05, 0.1) is 60.0 Å². The van der Waals surface area contributed by atoms with Crippen molar-refractivity contribution in [1.82, 2.24) is 101 Å². The molecule has 111 heavy (non-hydrogen) atoms. The van der Waals surface area contributed by atoms with E-state index < -0.39 is 30.0 Å². The fourth-order valence-corrected chi connectivity index (χ4v) is 13.4. The van der Waals surface area contributed by atoms with Gasteiger partial charge in [0.1, 0.15) is 60.9 Å². The first-order valence-electron chi connectivity index (χ1n) is 35.7. The van der Waals surface area contributed by atoms with Crippen molar-refractivity contribution in [2.24, 2.45) is 0 Å². The summed E-state index contributed by atoms with van der Waals surface area (Å²) in [5.41, 5.74) is 6.35. The number of aromatic nitrogens is 20. The lowest BCUT2D eigenvalue weighted by Crippen LogP contribution is -2.26. The molecule has 0 aliphatic carbocycles. The minimum Gasteiger partial charge on any atom is -0.334 e. The van der Waals surface area contributed by atoms with Gasteiger partial charge in [-0.1, -0.05) is 84.4 Å². The normalized spacial score (nSPS) is 18.2. The van der Waals surface area contributed by atoms with Gasteiger partial charge in [-0.2, -0.15) is 40.3 Å². The van der Waals surface area contributed by atoms with Crippen LogP contribution in [0, 0.1) is 23.3 Å². The molecule has 0 bridgehead atoms. The van der Waals surface area contributed by atoms with E-state index in [9.17, 15) is 26.3 Å². The highest BCUT2D eigenvalue weighted by atomic mass is 35.5. The van der Waals surface area contributed by atoms with E-state index in [-0.39, 0.29) is 66.7 Å². The van der Waals surface area contributed by atoms with Gasteiger partial charge >= 0.3 is 0 Å². The Morgan fingerprint density at radius 1 is 0.396 bits per heavy atom. The smallest absolute Gasteiger partial charge is 0.233 e. The Bertz CT molecular complexity index is 5170. The molecule has 6 atom stereocenters. The number of nitrogens with zero attached hydrogens (tertiary/aromatic N) is 20. The molecule has 4 saturated heterocycles. The molecule has 8 N–H and O–H groups in total. The molecule has 28 nitrogen and oxygen atoms in total. The first kappa shape index (κ1) is 76.2. The van der Waals surface area contributed by atoms with Gasteiger partial charge in [0.25, 0.3) is 0 Å². The second-order valence-electron chi connectivity index (χ2n) is 25.8. The molecule has 0 radical (unpaired) electrons. The van der Waals surface area contributed by atoms with E-state index in [1.165, 1.54) is 55.1 Å². The van der Waals surface area contributed by atoms with Crippen molar-refractivity contribution >= 4 is 107 Å². The summed E-state index contributed by atoms with van der Waals surface area (Å²) in [7, 11) is 0. The van der Waals surface area contributed by atoms with Crippen LogP contribution >= 0.6 is 11.6 Å². The fraction of sp³-hybridized carbons (Fsp3) is 0.263. The van der Waals surface area contributed by atoms with Crippen molar-refractivity contribution in [1.29, 1.82) is 0 Å². The lowest BCUT2D eigenvalue weighted by molar-refractivity contribution is 0.355. The van der Waals surface area contributed by atoms with E-state index in [1.807, 2.05) is 124 Å². The first-order valence-corrected chi connectivity index (χ1v) is 36.1. The summed E-state index contributed by atoms with van der Waals surface area (Å²) in [6.45, 7) is 9.55. The summed E-state index contributed by atoms with van der Waals surface area (Å²) < 4.78 is 83.4. The predicted octanol–water partition coefficient (Wildman–Crippen LogP) is 16.0. The Morgan fingerprint density at radius 3 is 1.20 bits per heavy atom. The molecule has 12 heterocycles. The summed E-state index contributed by atoms with van der Waals surface area (Å²) in [5.74, 6) is 3.55. The van der Waals surface area contributed by atoms with Crippen LogP contribution in [-0.4, -0.2) is 139 Å². The molecule has 35 heteroatoms. The van der Waals surface area contributed by atoms with Crippen LogP contribution in [0.15, 0.2) is 165 Å². The van der Waals surface area contributed by atoms with Gasteiger partial charge in [-0.25, -0.2) is 66.2 Å². The second-order valence-corrected chi connectivity index (χ2v) is 26.2. The van der Waals surface area contributed by atoms with Crippen molar-refractivity contribution in [3.8, 4) is 0 Å². The number of hydrogen-bond donors (Lipinski definition) is 8. The number of allylic oxidation sites excluding steroid dienone is 4. The number of halogens is 7. The number of hydrogen-bond acceptors (Lipinski definition) is 24. The summed E-state index contributed by atoms with van der Waals surface area (Å²) in [6.07, 6.45) is 23.0. The van der Waals surface area contributed by atoms with Gasteiger partial charge in [0, 0.05) is 72.4 Å². The van der Waals surface area contributed by atoms with Gasteiger partial charge in [-0.05, 0) is 125 Å². The first-order chi connectivity index (χ1) is 54.1. The standard InChI is InChI=1S/C19H20ClN7.C19H18F3N7.C19H19F2N7.C19H20FN7/c1-2-4-15-11-17(26-25-15)23-18-21-12-22-19(24-18)27-10-3-5-16(27)13-6-8-14(20)9-7-13;1-2-3-13-8-17(28-27-13)25-18-23-10-24-19(26-18)29-9-12(21)7-16(29)14-5-4-11(20)6-15(14)22;1-2-3-15-9-17(27-26-15)24-18-22-11-23-19(25-18)28-10-14(21)8-16(28)12-4-6-13(20)7-5-12;1-2-6-13-11-17(26-25-13)23-18-21-12-22-19(24-18)27-10-5-9-16(27)14-7-3-4-8-15(14)20/h2,4,6-9,11-12,16H,3,5,10H2,1H3,(H2,21,22,23,24,25,26);2-6,8,10,12,16H,7,9H2,1H3,(H2,23,24,25,26,27,28);2-7,9,11,14,16H,8,10H2,1H3,(H2,22,23,24,25,26,27);2-4,6-8,11-12,16H,5,9-10H2,1H3,(H2,21,22,23,24,25,26)/b4-2+;2*3-2+;6-2+. The number of rotatable bonds is 20. The minimum atomic E-state index is -1.19. The van der Waals surface area contributed by atoms with Crippen LogP contribution in [0.5, 0.6) is 0 Å². The fourth-order valence-electron chi connectivity index (χ4n) is 13.3. The number of anilines is 12. The average Bonchev–Trinajstić information content (AvgIpc) is 1.69. The highest BCUT2D eigenvalue weighted by molar-refractivity contribution is 6.30. The maximum Gasteiger partial charge on any atom is 0.233 e. The van der Waals surface area contributed by atoms with Crippen LogP contribution in [0.4, 0.5) is 97.2 Å². The Balaban J connectivity index is 0.000000130. The van der Waals surface area contributed by atoms with Gasteiger partial charge in [0.2, 0.25) is 47.6 Å². The molecule has 6 unspecified atom stereocenters. The van der Waals surface area contributed by atoms with E-state index in [2.05, 4.69) is 139 Å². The van der Waals surface area contributed by atoms with Crippen LogP contribution in [0.2, 0.25) is 5.02 Å².